The van der Waals surface area contributed by atoms with Gasteiger partial charge in [-0.15, -0.1) is 0 Å². The SMILES string of the molecule is Cc1ccc(N=C(NOCc2cccc(Br)c2)c2nonc2N)cc1. The molecule has 8 heteroatoms. The molecule has 1 aromatic heterocycles. The van der Waals surface area contributed by atoms with Crippen molar-refractivity contribution in [3.05, 3.63) is 69.8 Å². The Labute approximate surface area is 152 Å². The van der Waals surface area contributed by atoms with Crippen molar-refractivity contribution in [3.63, 3.8) is 0 Å². The number of aryl methyl sites for hydroxylation is 1. The van der Waals surface area contributed by atoms with Gasteiger partial charge in [-0.05, 0) is 47.1 Å². The summed E-state index contributed by atoms with van der Waals surface area (Å²) in [5, 5.41) is 7.36. The summed E-state index contributed by atoms with van der Waals surface area (Å²) >= 11 is 3.43. The second kappa shape index (κ2) is 7.91. The molecule has 0 saturated heterocycles. The molecular weight excluding hydrogens is 386 g/mol. The second-order valence-corrected chi connectivity index (χ2v) is 6.23. The summed E-state index contributed by atoms with van der Waals surface area (Å²) in [5.41, 5.74) is 11.7. The van der Waals surface area contributed by atoms with Crippen LogP contribution >= 0.6 is 15.9 Å². The lowest BCUT2D eigenvalue weighted by molar-refractivity contribution is 0.0713. The molecule has 0 fully saturated rings. The number of hydroxylamine groups is 1. The Balaban J connectivity index is 1.77. The maximum Gasteiger partial charge on any atom is 0.199 e. The molecule has 0 amide bonds. The molecule has 25 heavy (non-hydrogen) atoms. The minimum atomic E-state index is 0.129. The van der Waals surface area contributed by atoms with E-state index in [0.29, 0.717) is 12.4 Å². The van der Waals surface area contributed by atoms with E-state index < -0.39 is 0 Å². The van der Waals surface area contributed by atoms with Gasteiger partial charge in [-0.1, -0.05) is 45.8 Å². The van der Waals surface area contributed by atoms with E-state index >= 15 is 0 Å². The van der Waals surface area contributed by atoms with Gasteiger partial charge in [0.2, 0.25) is 0 Å². The van der Waals surface area contributed by atoms with Gasteiger partial charge in [0, 0.05) is 4.47 Å². The summed E-state index contributed by atoms with van der Waals surface area (Å²) in [7, 11) is 0. The first-order valence-electron chi connectivity index (χ1n) is 7.48. The monoisotopic (exact) mass is 401 g/mol. The molecule has 0 saturated carbocycles. The highest BCUT2D eigenvalue weighted by Gasteiger charge is 2.14. The number of nitrogens with one attached hydrogen (secondary N) is 1. The number of halogens is 1. The average molecular weight is 402 g/mol. The smallest absolute Gasteiger partial charge is 0.199 e. The van der Waals surface area contributed by atoms with Gasteiger partial charge < -0.3 is 5.73 Å². The Kier molecular flexibility index (Phi) is 5.42. The molecule has 7 nitrogen and oxygen atoms in total. The fraction of sp³-hybridized carbons (Fsp3) is 0.118. The lowest BCUT2D eigenvalue weighted by Crippen LogP contribution is -2.25. The maximum absolute atomic E-state index is 5.77. The predicted octanol–water partition coefficient (Wildman–Crippen LogP) is 3.52. The molecule has 0 radical (unpaired) electrons. The van der Waals surface area contributed by atoms with Gasteiger partial charge in [0.1, 0.15) is 0 Å². The molecule has 0 atom stereocenters. The zero-order chi connectivity index (χ0) is 17.6. The Morgan fingerprint density at radius 2 is 2.04 bits per heavy atom. The first-order valence-corrected chi connectivity index (χ1v) is 8.27. The number of rotatable bonds is 5. The summed E-state index contributed by atoms with van der Waals surface area (Å²) in [6.45, 7) is 2.34. The van der Waals surface area contributed by atoms with Gasteiger partial charge in [-0.25, -0.2) is 15.1 Å². The van der Waals surface area contributed by atoms with E-state index in [1.54, 1.807) is 0 Å². The van der Waals surface area contributed by atoms with Crippen LogP contribution in [0, 0.1) is 6.92 Å². The normalized spacial score (nSPS) is 11.5. The largest absolute Gasteiger partial charge is 0.379 e. The molecule has 0 aliphatic rings. The number of hydrogen-bond acceptors (Lipinski definition) is 6. The molecule has 3 rings (SSSR count). The van der Waals surface area contributed by atoms with E-state index in [9.17, 15) is 0 Å². The summed E-state index contributed by atoms with van der Waals surface area (Å²) in [5.74, 6) is 0.446. The van der Waals surface area contributed by atoms with Crippen LogP contribution in [0.15, 0.2) is 62.6 Å². The molecule has 0 spiro atoms. The topological polar surface area (TPSA) is 98.6 Å². The predicted molar refractivity (Wildman–Crippen MR) is 98.2 cm³/mol. The maximum atomic E-state index is 5.77. The number of anilines is 1. The molecular formula is C17H16BrN5O2. The number of benzene rings is 2. The number of nitrogens with zero attached hydrogens (tertiary/aromatic N) is 3. The first-order chi connectivity index (χ1) is 12.1. The van der Waals surface area contributed by atoms with Crippen molar-refractivity contribution in [1.29, 1.82) is 0 Å². The van der Waals surface area contributed by atoms with Crippen molar-refractivity contribution in [1.82, 2.24) is 15.8 Å². The quantitative estimate of drug-likeness (QED) is 0.385. The number of aromatic nitrogens is 2. The van der Waals surface area contributed by atoms with Crippen molar-refractivity contribution in [3.8, 4) is 0 Å². The molecule has 3 N–H and O–H groups in total. The third kappa shape index (κ3) is 4.65. The van der Waals surface area contributed by atoms with Gasteiger partial charge in [-0.3, -0.25) is 4.84 Å². The summed E-state index contributed by atoms with van der Waals surface area (Å²) < 4.78 is 5.63. The van der Waals surface area contributed by atoms with Crippen LogP contribution in [-0.2, 0) is 11.4 Å². The second-order valence-electron chi connectivity index (χ2n) is 5.31. The minimum Gasteiger partial charge on any atom is -0.379 e. The molecule has 2 aromatic carbocycles. The van der Waals surface area contributed by atoms with E-state index in [1.807, 2.05) is 55.5 Å². The van der Waals surface area contributed by atoms with Crippen LogP contribution in [0.4, 0.5) is 11.5 Å². The third-order valence-corrected chi connectivity index (χ3v) is 3.80. The minimum absolute atomic E-state index is 0.129. The molecule has 128 valence electrons. The number of nitrogens with two attached hydrogens (primary N) is 1. The third-order valence-electron chi connectivity index (χ3n) is 3.31. The van der Waals surface area contributed by atoms with Gasteiger partial charge >= 0.3 is 0 Å². The van der Waals surface area contributed by atoms with Crippen molar-refractivity contribution in [2.24, 2.45) is 4.99 Å². The molecule has 0 aliphatic carbocycles. The number of hydrogen-bond donors (Lipinski definition) is 2. The highest BCUT2D eigenvalue weighted by molar-refractivity contribution is 9.10. The zero-order valence-electron chi connectivity index (χ0n) is 13.4. The fourth-order valence-electron chi connectivity index (χ4n) is 2.05. The van der Waals surface area contributed by atoms with Crippen LogP contribution in [-0.4, -0.2) is 16.1 Å². The van der Waals surface area contributed by atoms with Crippen LogP contribution in [0.1, 0.15) is 16.8 Å². The standard InChI is InChI=1S/C17H16BrN5O2/c1-11-5-7-14(8-6-11)20-17(15-16(19)22-25-21-15)23-24-10-12-3-2-4-13(18)9-12/h2-9H,10H2,1H3,(H2,19,22)(H,20,23). The first kappa shape index (κ1) is 17.1. The summed E-state index contributed by atoms with van der Waals surface area (Å²) in [6, 6.07) is 15.5. The van der Waals surface area contributed by atoms with E-state index in [2.05, 4.69) is 41.3 Å². The van der Waals surface area contributed by atoms with Gasteiger partial charge in [0.05, 0.1) is 12.3 Å². The summed E-state index contributed by atoms with van der Waals surface area (Å²) in [6.07, 6.45) is 0. The van der Waals surface area contributed by atoms with E-state index in [4.69, 9.17) is 10.6 Å². The van der Waals surface area contributed by atoms with Gasteiger partial charge in [0.25, 0.3) is 0 Å². The van der Waals surface area contributed by atoms with Crippen molar-refractivity contribution in [2.75, 3.05) is 5.73 Å². The number of amidine groups is 1. The van der Waals surface area contributed by atoms with E-state index in [-0.39, 0.29) is 11.5 Å². The van der Waals surface area contributed by atoms with Crippen LogP contribution < -0.4 is 11.2 Å². The fourth-order valence-corrected chi connectivity index (χ4v) is 2.49. The lowest BCUT2D eigenvalue weighted by atomic mass is 10.2. The van der Waals surface area contributed by atoms with E-state index in [1.165, 1.54) is 0 Å². The lowest BCUT2D eigenvalue weighted by Gasteiger charge is -2.09. The van der Waals surface area contributed by atoms with Crippen LogP contribution in [0.2, 0.25) is 0 Å². The number of nitrogen functional groups attached to an aromatic ring is 1. The van der Waals surface area contributed by atoms with Gasteiger partial charge in [0.15, 0.2) is 17.3 Å². The molecule has 0 aliphatic heterocycles. The zero-order valence-corrected chi connectivity index (χ0v) is 15.0. The highest BCUT2D eigenvalue weighted by Crippen LogP contribution is 2.16. The molecule has 3 aromatic rings. The van der Waals surface area contributed by atoms with Crippen molar-refractivity contribution in [2.45, 2.75) is 13.5 Å². The Morgan fingerprint density at radius 1 is 1.24 bits per heavy atom. The van der Waals surface area contributed by atoms with Crippen molar-refractivity contribution >= 4 is 33.3 Å². The molecule has 0 unspecified atom stereocenters. The van der Waals surface area contributed by atoms with Crippen molar-refractivity contribution < 1.29 is 9.47 Å². The van der Waals surface area contributed by atoms with E-state index in [0.717, 1.165) is 21.3 Å². The Bertz CT molecular complexity index is 877. The Hall–Kier alpha value is -2.71. The summed E-state index contributed by atoms with van der Waals surface area (Å²) in [4.78, 5) is 10.0. The molecule has 0 bridgehead atoms. The Morgan fingerprint density at radius 3 is 2.72 bits per heavy atom. The van der Waals surface area contributed by atoms with Crippen LogP contribution in [0.5, 0.6) is 0 Å². The molecule has 1 heterocycles. The number of aliphatic imine (C=N–C) groups is 1. The highest BCUT2D eigenvalue weighted by atomic mass is 79.9. The van der Waals surface area contributed by atoms with Gasteiger partial charge in [-0.2, -0.15) is 0 Å². The van der Waals surface area contributed by atoms with Crippen LogP contribution in [0.3, 0.4) is 0 Å². The average Bonchev–Trinajstić information content (AvgIpc) is 3.02. The van der Waals surface area contributed by atoms with Crippen LogP contribution in [0.25, 0.3) is 0 Å².